The Balaban J connectivity index is 1.31. The molecule has 2 aliphatic rings. The highest BCUT2D eigenvalue weighted by Gasteiger charge is 2.27. The molecule has 1 saturated heterocycles. The Morgan fingerprint density at radius 3 is 2.48 bits per heavy atom. The number of anilines is 2. The van der Waals surface area contributed by atoms with Crippen LogP contribution in [-0.2, 0) is 16.1 Å². The van der Waals surface area contributed by atoms with E-state index in [9.17, 15) is 9.59 Å². The van der Waals surface area contributed by atoms with Crippen molar-refractivity contribution in [2.45, 2.75) is 58.4 Å². The van der Waals surface area contributed by atoms with E-state index in [2.05, 4.69) is 41.9 Å². The fraction of sp³-hybridized carbons (Fsp3) is 0.480. The van der Waals surface area contributed by atoms with Crippen LogP contribution in [0.1, 0.15) is 61.9 Å². The smallest absolute Gasteiger partial charge is 0.225 e. The van der Waals surface area contributed by atoms with Crippen LogP contribution in [-0.4, -0.2) is 23.3 Å². The molecule has 31 heavy (non-hydrogen) atoms. The third-order valence-electron chi connectivity index (χ3n) is 6.59. The maximum atomic E-state index is 12.1. The van der Waals surface area contributed by atoms with E-state index in [1.165, 1.54) is 31.4 Å². The summed E-state index contributed by atoms with van der Waals surface area (Å²) < 4.78 is 0. The van der Waals surface area contributed by atoms with Crippen LogP contribution in [0.2, 0.25) is 0 Å². The fourth-order valence-corrected chi connectivity index (χ4v) is 4.48. The molecule has 0 radical (unpaired) electrons. The van der Waals surface area contributed by atoms with Gasteiger partial charge in [-0.25, -0.2) is 0 Å². The summed E-state index contributed by atoms with van der Waals surface area (Å²) in [5.74, 6) is 1.05. The number of amides is 2. The average Bonchev–Trinajstić information content (AvgIpc) is 3.21. The number of carbonyl (C=O) groups excluding carboxylic acids is 2. The number of hydrogen-bond acceptors (Lipinski definition) is 4. The van der Waals surface area contributed by atoms with Crippen LogP contribution in [0, 0.1) is 18.8 Å². The van der Waals surface area contributed by atoms with Crippen LogP contribution in [0.15, 0.2) is 36.4 Å². The molecule has 2 amide bonds. The lowest BCUT2D eigenvalue weighted by Gasteiger charge is -2.26. The summed E-state index contributed by atoms with van der Waals surface area (Å²) >= 11 is 0. The maximum Gasteiger partial charge on any atom is 0.225 e. The number of pyridine rings is 1. The highest BCUT2D eigenvalue weighted by Crippen LogP contribution is 2.35. The first-order valence-electron chi connectivity index (χ1n) is 11.4. The molecule has 164 valence electrons. The van der Waals surface area contributed by atoms with Gasteiger partial charge in [0.1, 0.15) is 0 Å². The normalized spacial score (nSPS) is 23.3. The van der Waals surface area contributed by atoms with E-state index < -0.39 is 0 Å². The lowest BCUT2D eigenvalue weighted by molar-refractivity contribution is -0.126. The van der Waals surface area contributed by atoms with Crippen LogP contribution in [0.25, 0.3) is 0 Å². The molecule has 4 rings (SSSR count). The maximum absolute atomic E-state index is 12.1. The SMILES string of the molecule is Cc1nc(C2CCC(C)CC2)ccc1Nc1ccc(CNC(=O)C2CNC(=O)C2)cc1. The van der Waals surface area contributed by atoms with Gasteiger partial charge < -0.3 is 16.0 Å². The van der Waals surface area contributed by atoms with Gasteiger partial charge in [0.25, 0.3) is 0 Å². The van der Waals surface area contributed by atoms with Crippen molar-refractivity contribution in [1.29, 1.82) is 0 Å². The number of aromatic nitrogens is 1. The lowest BCUT2D eigenvalue weighted by atomic mass is 9.81. The number of nitrogens with zero attached hydrogens (tertiary/aromatic N) is 1. The summed E-state index contributed by atoms with van der Waals surface area (Å²) in [4.78, 5) is 28.3. The molecule has 6 heteroatoms. The molecule has 3 N–H and O–H groups in total. The topological polar surface area (TPSA) is 83.1 Å². The van der Waals surface area contributed by atoms with E-state index in [4.69, 9.17) is 4.98 Å². The second-order valence-electron chi connectivity index (χ2n) is 9.07. The molecule has 1 saturated carbocycles. The number of rotatable bonds is 6. The van der Waals surface area contributed by atoms with Crippen molar-refractivity contribution in [2.24, 2.45) is 11.8 Å². The van der Waals surface area contributed by atoms with E-state index in [1.54, 1.807) is 0 Å². The van der Waals surface area contributed by atoms with Crippen molar-refractivity contribution in [1.82, 2.24) is 15.6 Å². The number of hydrogen-bond donors (Lipinski definition) is 3. The largest absolute Gasteiger partial charge is 0.355 e. The van der Waals surface area contributed by atoms with Gasteiger partial charge in [-0.1, -0.05) is 31.9 Å². The van der Waals surface area contributed by atoms with E-state index in [-0.39, 0.29) is 24.2 Å². The van der Waals surface area contributed by atoms with E-state index in [1.807, 2.05) is 24.3 Å². The first-order chi connectivity index (χ1) is 15.0. The molecule has 2 aromatic rings. The summed E-state index contributed by atoms with van der Waals surface area (Å²) in [7, 11) is 0. The molecular formula is C25H32N4O2. The minimum atomic E-state index is -0.260. The summed E-state index contributed by atoms with van der Waals surface area (Å²) in [6.07, 6.45) is 5.36. The molecular weight excluding hydrogens is 388 g/mol. The van der Waals surface area contributed by atoms with Gasteiger partial charge in [0, 0.05) is 36.8 Å². The Morgan fingerprint density at radius 2 is 1.84 bits per heavy atom. The van der Waals surface area contributed by atoms with Crippen molar-refractivity contribution >= 4 is 23.2 Å². The second-order valence-corrected chi connectivity index (χ2v) is 9.07. The molecule has 1 unspecified atom stereocenters. The Labute approximate surface area is 184 Å². The first-order valence-corrected chi connectivity index (χ1v) is 11.4. The molecule has 1 aliphatic heterocycles. The quantitative estimate of drug-likeness (QED) is 0.655. The zero-order valence-corrected chi connectivity index (χ0v) is 18.4. The van der Waals surface area contributed by atoms with Crippen LogP contribution >= 0.6 is 0 Å². The first kappa shape index (κ1) is 21.3. The van der Waals surface area contributed by atoms with Gasteiger partial charge in [0.05, 0.1) is 17.3 Å². The van der Waals surface area contributed by atoms with Gasteiger partial charge in [-0.2, -0.15) is 0 Å². The summed E-state index contributed by atoms with van der Waals surface area (Å²) in [6, 6.07) is 12.3. The number of aryl methyl sites for hydroxylation is 1. The van der Waals surface area contributed by atoms with Gasteiger partial charge >= 0.3 is 0 Å². The van der Waals surface area contributed by atoms with E-state index in [0.29, 0.717) is 19.0 Å². The predicted molar refractivity (Wildman–Crippen MR) is 122 cm³/mol. The van der Waals surface area contributed by atoms with Crippen LogP contribution in [0.4, 0.5) is 11.4 Å². The number of benzene rings is 1. The third kappa shape index (κ3) is 5.43. The van der Waals surface area contributed by atoms with Crippen molar-refractivity contribution in [2.75, 3.05) is 11.9 Å². The monoisotopic (exact) mass is 420 g/mol. The Hall–Kier alpha value is -2.89. The van der Waals surface area contributed by atoms with Crippen LogP contribution in [0.3, 0.4) is 0 Å². The van der Waals surface area contributed by atoms with Crippen LogP contribution < -0.4 is 16.0 Å². The minimum Gasteiger partial charge on any atom is -0.355 e. The minimum absolute atomic E-state index is 0.0540. The van der Waals surface area contributed by atoms with E-state index >= 15 is 0 Å². The number of carbonyl (C=O) groups is 2. The van der Waals surface area contributed by atoms with Crippen molar-refractivity contribution in [3.05, 3.63) is 53.3 Å². The molecule has 2 fully saturated rings. The zero-order valence-electron chi connectivity index (χ0n) is 18.4. The molecule has 1 atom stereocenters. The number of nitrogens with one attached hydrogen (secondary N) is 3. The standard InChI is InChI=1S/C25H32N4O2/c1-16-3-7-19(8-4-16)23-12-11-22(17(2)28-23)29-21-9-5-18(6-10-21)14-27-25(31)20-13-24(30)26-15-20/h5-6,9-12,16,19-20,29H,3-4,7-8,13-15H2,1-2H3,(H,26,30)(H,27,31). The van der Waals surface area contributed by atoms with Gasteiger partial charge in [0.2, 0.25) is 11.8 Å². The molecule has 6 nitrogen and oxygen atoms in total. The molecule has 0 bridgehead atoms. The predicted octanol–water partition coefficient (Wildman–Crippen LogP) is 4.18. The summed E-state index contributed by atoms with van der Waals surface area (Å²) in [5, 5.41) is 9.07. The summed E-state index contributed by atoms with van der Waals surface area (Å²) in [6.45, 7) is 5.29. The lowest BCUT2D eigenvalue weighted by Crippen LogP contribution is -2.31. The Bertz CT molecular complexity index is 933. The van der Waals surface area contributed by atoms with E-state index in [0.717, 1.165) is 28.6 Å². The molecule has 2 heterocycles. The van der Waals surface area contributed by atoms with Gasteiger partial charge in [-0.3, -0.25) is 14.6 Å². The van der Waals surface area contributed by atoms with Crippen molar-refractivity contribution in [3.8, 4) is 0 Å². The van der Waals surface area contributed by atoms with Crippen LogP contribution in [0.5, 0.6) is 0 Å². The fourth-order valence-electron chi connectivity index (χ4n) is 4.48. The third-order valence-corrected chi connectivity index (χ3v) is 6.59. The zero-order chi connectivity index (χ0) is 21.8. The molecule has 1 aromatic carbocycles. The Kier molecular flexibility index (Phi) is 6.54. The van der Waals surface area contributed by atoms with Gasteiger partial charge in [0.15, 0.2) is 0 Å². The molecule has 1 aromatic heterocycles. The van der Waals surface area contributed by atoms with Crippen molar-refractivity contribution < 1.29 is 9.59 Å². The summed E-state index contributed by atoms with van der Waals surface area (Å²) in [5.41, 5.74) is 5.28. The highest BCUT2D eigenvalue weighted by molar-refractivity contribution is 5.89. The van der Waals surface area contributed by atoms with Gasteiger partial charge in [-0.15, -0.1) is 0 Å². The Morgan fingerprint density at radius 1 is 1.10 bits per heavy atom. The molecule has 1 aliphatic carbocycles. The highest BCUT2D eigenvalue weighted by atomic mass is 16.2. The average molecular weight is 421 g/mol. The molecule has 0 spiro atoms. The second kappa shape index (κ2) is 9.50. The van der Waals surface area contributed by atoms with Gasteiger partial charge in [-0.05, 0) is 55.5 Å². The van der Waals surface area contributed by atoms with Crippen molar-refractivity contribution in [3.63, 3.8) is 0 Å².